The van der Waals surface area contributed by atoms with Gasteiger partial charge in [0.2, 0.25) is 0 Å². The van der Waals surface area contributed by atoms with E-state index in [-0.39, 0.29) is 0 Å². The van der Waals surface area contributed by atoms with Gasteiger partial charge in [-0.1, -0.05) is 74.9 Å². The van der Waals surface area contributed by atoms with Crippen LogP contribution in [0.25, 0.3) is 0 Å². The number of benzene rings is 2. The van der Waals surface area contributed by atoms with E-state index >= 15 is 0 Å². The van der Waals surface area contributed by atoms with Gasteiger partial charge in [-0.05, 0) is 23.8 Å². The van der Waals surface area contributed by atoms with Crippen LogP contribution in [0, 0.1) is 0 Å². The van der Waals surface area contributed by atoms with Gasteiger partial charge in [0.25, 0.3) is 0 Å². The Hall–Kier alpha value is -2.00. The molecular weight excluding hydrogens is 282 g/mol. The first-order valence-electron chi connectivity index (χ1n) is 8.54. The molecule has 2 aromatic rings. The molecule has 3 nitrogen and oxygen atoms in total. The van der Waals surface area contributed by atoms with Crippen molar-refractivity contribution in [3.05, 3.63) is 60.2 Å². The lowest BCUT2D eigenvalue weighted by Gasteiger charge is -2.05. The van der Waals surface area contributed by atoms with Crippen molar-refractivity contribution < 1.29 is 0 Å². The standard InChI is InChI=1S/C8H13N3.C6H12.C6H6/c1-11-7-2-3-8(10)6(4-7)5-9;2*1-2-4-6-5-3-1/h2-4,11H,5,9-10H2,1H3;1-6H2;1-6H. The molecule has 0 amide bonds. The highest BCUT2D eigenvalue weighted by atomic mass is 14.8. The first-order chi connectivity index (χ1) is 11.3. The van der Waals surface area contributed by atoms with Crippen LogP contribution in [0.15, 0.2) is 54.6 Å². The van der Waals surface area contributed by atoms with Crippen molar-refractivity contribution in [3.8, 4) is 0 Å². The fraction of sp³-hybridized carbons (Fsp3) is 0.400. The Kier molecular flexibility index (Phi) is 10.4. The third-order valence-electron chi connectivity index (χ3n) is 3.82. The molecule has 0 aliphatic heterocycles. The van der Waals surface area contributed by atoms with E-state index in [1.807, 2.05) is 61.6 Å². The van der Waals surface area contributed by atoms with Gasteiger partial charge in [-0.2, -0.15) is 0 Å². The van der Waals surface area contributed by atoms with Gasteiger partial charge in [0, 0.05) is 25.0 Å². The van der Waals surface area contributed by atoms with Crippen LogP contribution in [-0.4, -0.2) is 7.05 Å². The molecule has 0 radical (unpaired) electrons. The topological polar surface area (TPSA) is 64.1 Å². The van der Waals surface area contributed by atoms with Gasteiger partial charge >= 0.3 is 0 Å². The number of nitrogens with one attached hydrogen (secondary N) is 1. The van der Waals surface area contributed by atoms with Crippen molar-refractivity contribution in [2.24, 2.45) is 5.73 Å². The summed E-state index contributed by atoms with van der Waals surface area (Å²) in [5.74, 6) is 0. The molecule has 23 heavy (non-hydrogen) atoms. The number of rotatable bonds is 2. The van der Waals surface area contributed by atoms with Crippen LogP contribution in [0.5, 0.6) is 0 Å². The van der Waals surface area contributed by atoms with Gasteiger partial charge in [-0.25, -0.2) is 0 Å². The molecule has 3 heteroatoms. The molecule has 0 saturated heterocycles. The van der Waals surface area contributed by atoms with E-state index in [2.05, 4.69) is 5.32 Å². The Morgan fingerprint density at radius 3 is 1.61 bits per heavy atom. The van der Waals surface area contributed by atoms with Crippen molar-refractivity contribution in [2.45, 2.75) is 45.1 Å². The maximum atomic E-state index is 5.65. The maximum absolute atomic E-state index is 5.65. The maximum Gasteiger partial charge on any atom is 0.0361 e. The Morgan fingerprint density at radius 1 is 0.826 bits per heavy atom. The van der Waals surface area contributed by atoms with Crippen LogP contribution in [0.1, 0.15) is 44.1 Å². The van der Waals surface area contributed by atoms with E-state index in [9.17, 15) is 0 Å². The summed E-state index contributed by atoms with van der Waals surface area (Å²) in [5.41, 5.74) is 13.9. The van der Waals surface area contributed by atoms with Crippen LogP contribution in [0.3, 0.4) is 0 Å². The number of hydrogen-bond acceptors (Lipinski definition) is 3. The van der Waals surface area contributed by atoms with Crippen LogP contribution >= 0.6 is 0 Å². The Morgan fingerprint density at radius 2 is 1.26 bits per heavy atom. The molecule has 0 heterocycles. The van der Waals surface area contributed by atoms with Crippen molar-refractivity contribution in [1.29, 1.82) is 0 Å². The lowest BCUT2D eigenvalue weighted by Crippen LogP contribution is -2.02. The summed E-state index contributed by atoms with van der Waals surface area (Å²) >= 11 is 0. The van der Waals surface area contributed by atoms with E-state index in [1.165, 1.54) is 38.5 Å². The predicted octanol–water partition coefficient (Wildman–Crippen LogP) is 4.80. The number of nitrogens with two attached hydrogens (primary N) is 2. The fourth-order valence-electron chi connectivity index (χ4n) is 2.38. The molecule has 3 rings (SSSR count). The number of hydrogen-bond donors (Lipinski definition) is 3. The summed E-state index contributed by atoms with van der Waals surface area (Å²) in [6, 6.07) is 17.7. The molecule has 0 aromatic heterocycles. The lowest BCUT2D eigenvalue weighted by atomic mass is 10.0. The second-order valence-corrected chi connectivity index (χ2v) is 5.64. The van der Waals surface area contributed by atoms with Crippen LogP contribution < -0.4 is 16.8 Å². The van der Waals surface area contributed by atoms with Crippen molar-refractivity contribution >= 4 is 11.4 Å². The number of nitrogen functional groups attached to an aromatic ring is 1. The van der Waals surface area contributed by atoms with E-state index in [4.69, 9.17) is 11.5 Å². The van der Waals surface area contributed by atoms with Crippen molar-refractivity contribution in [3.63, 3.8) is 0 Å². The Labute approximate surface area is 141 Å². The molecule has 0 spiro atoms. The third kappa shape index (κ3) is 8.89. The second kappa shape index (κ2) is 12.5. The van der Waals surface area contributed by atoms with E-state index in [0.717, 1.165) is 16.9 Å². The summed E-state index contributed by atoms with van der Waals surface area (Å²) in [5, 5.41) is 3.02. The quantitative estimate of drug-likeness (QED) is 0.698. The van der Waals surface area contributed by atoms with E-state index < -0.39 is 0 Å². The van der Waals surface area contributed by atoms with E-state index in [0.29, 0.717) is 6.54 Å². The highest BCUT2D eigenvalue weighted by Gasteiger charge is 1.96. The highest BCUT2D eigenvalue weighted by Crippen LogP contribution is 2.16. The minimum absolute atomic E-state index is 0.487. The summed E-state index contributed by atoms with van der Waals surface area (Å²) < 4.78 is 0. The molecule has 5 N–H and O–H groups in total. The minimum atomic E-state index is 0.487. The number of anilines is 2. The van der Waals surface area contributed by atoms with Gasteiger partial charge in [-0.3, -0.25) is 0 Å². The minimum Gasteiger partial charge on any atom is -0.398 e. The molecule has 0 atom stereocenters. The molecule has 0 unspecified atom stereocenters. The third-order valence-corrected chi connectivity index (χ3v) is 3.82. The highest BCUT2D eigenvalue weighted by molar-refractivity contribution is 5.56. The van der Waals surface area contributed by atoms with E-state index in [1.54, 1.807) is 0 Å². The zero-order valence-electron chi connectivity index (χ0n) is 14.3. The van der Waals surface area contributed by atoms with Crippen LogP contribution in [-0.2, 0) is 6.54 Å². The van der Waals surface area contributed by atoms with Gasteiger partial charge in [0.1, 0.15) is 0 Å². The monoisotopic (exact) mass is 313 g/mol. The van der Waals surface area contributed by atoms with Gasteiger partial charge in [0.15, 0.2) is 0 Å². The SMILES string of the molecule is C1CCCCC1.CNc1ccc(N)c(CN)c1.c1ccccc1. The molecule has 1 aliphatic rings. The summed E-state index contributed by atoms with van der Waals surface area (Å²) in [6.07, 6.45) is 9.00. The smallest absolute Gasteiger partial charge is 0.0361 e. The molecule has 1 saturated carbocycles. The molecule has 1 fully saturated rings. The average molecular weight is 313 g/mol. The summed E-state index contributed by atoms with van der Waals surface area (Å²) in [7, 11) is 1.87. The average Bonchev–Trinajstić information content (AvgIpc) is 2.66. The zero-order valence-corrected chi connectivity index (χ0v) is 14.3. The van der Waals surface area contributed by atoms with Crippen molar-refractivity contribution in [1.82, 2.24) is 0 Å². The van der Waals surface area contributed by atoms with Gasteiger partial charge < -0.3 is 16.8 Å². The van der Waals surface area contributed by atoms with Crippen LogP contribution in [0.2, 0.25) is 0 Å². The van der Waals surface area contributed by atoms with Gasteiger partial charge in [0.05, 0.1) is 0 Å². The Bertz CT molecular complexity index is 469. The van der Waals surface area contributed by atoms with Crippen molar-refractivity contribution in [2.75, 3.05) is 18.1 Å². The van der Waals surface area contributed by atoms with Gasteiger partial charge in [-0.15, -0.1) is 0 Å². The molecule has 0 bridgehead atoms. The second-order valence-electron chi connectivity index (χ2n) is 5.64. The lowest BCUT2D eigenvalue weighted by molar-refractivity contribution is 0.504. The largest absolute Gasteiger partial charge is 0.398 e. The summed E-state index contributed by atoms with van der Waals surface area (Å²) in [4.78, 5) is 0. The molecule has 126 valence electrons. The molecule has 2 aromatic carbocycles. The van der Waals surface area contributed by atoms with Crippen LogP contribution in [0.4, 0.5) is 11.4 Å². The summed E-state index contributed by atoms with van der Waals surface area (Å²) in [6.45, 7) is 0.487. The molecular formula is C20H31N3. The zero-order chi connectivity index (χ0) is 16.8. The molecule has 1 aliphatic carbocycles. The predicted molar refractivity (Wildman–Crippen MR) is 102 cm³/mol. The Balaban J connectivity index is 0.000000187. The first kappa shape index (κ1) is 19.0. The normalized spacial score (nSPS) is 13.0. The first-order valence-corrected chi connectivity index (χ1v) is 8.54. The fourth-order valence-corrected chi connectivity index (χ4v) is 2.38.